The minimum Gasteiger partial charge on any atom is -0.361 e. The van der Waals surface area contributed by atoms with Crippen molar-refractivity contribution in [3.05, 3.63) is 21.9 Å². The van der Waals surface area contributed by atoms with Gasteiger partial charge in [0.15, 0.2) is 0 Å². The molecule has 0 radical (unpaired) electrons. The smallest absolute Gasteiger partial charge is 0.329 e. The number of nitrogens with one attached hydrogen (secondary N) is 1. The third-order valence-electron chi connectivity index (χ3n) is 1.47. The van der Waals surface area contributed by atoms with Gasteiger partial charge in [-0.05, 0) is 23.9 Å². The van der Waals surface area contributed by atoms with Gasteiger partial charge in [-0.2, -0.15) is 5.10 Å². The zero-order valence-corrected chi connectivity index (χ0v) is 8.30. The normalized spacial score (nSPS) is 10.4. The molecule has 0 unspecified atom stereocenters. The van der Waals surface area contributed by atoms with E-state index in [1.165, 1.54) is 17.6 Å². The number of hydrazone groups is 1. The lowest BCUT2D eigenvalue weighted by molar-refractivity contribution is -0.137. The second kappa shape index (κ2) is 4.52. The first kappa shape index (κ1) is 10.4. The molecular formula is C8H9N3O2S. The Balaban J connectivity index is 2.54. The van der Waals surface area contributed by atoms with Crippen LogP contribution in [0.2, 0.25) is 0 Å². The van der Waals surface area contributed by atoms with Crippen LogP contribution in [0, 0.1) is 6.92 Å². The Kier molecular flexibility index (Phi) is 3.35. The zero-order valence-electron chi connectivity index (χ0n) is 7.48. The third-order valence-corrected chi connectivity index (χ3v) is 2.43. The second-order valence-corrected chi connectivity index (χ2v) is 3.48. The van der Waals surface area contributed by atoms with E-state index in [0.29, 0.717) is 0 Å². The van der Waals surface area contributed by atoms with Gasteiger partial charge in [0.25, 0.3) is 0 Å². The molecule has 0 saturated heterocycles. The second-order valence-electron chi connectivity index (χ2n) is 2.53. The first-order valence-corrected chi connectivity index (χ1v) is 4.66. The number of aryl methyl sites for hydroxylation is 1. The number of amides is 2. The molecule has 0 bridgehead atoms. The molecule has 0 saturated carbocycles. The van der Waals surface area contributed by atoms with E-state index in [0.717, 1.165) is 10.4 Å². The summed E-state index contributed by atoms with van der Waals surface area (Å²) in [5.74, 6) is -1.97. The van der Waals surface area contributed by atoms with Crippen LogP contribution in [-0.2, 0) is 9.59 Å². The largest absolute Gasteiger partial charge is 0.361 e. The molecule has 5 nitrogen and oxygen atoms in total. The summed E-state index contributed by atoms with van der Waals surface area (Å²) >= 11 is 1.49. The van der Waals surface area contributed by atoms with Crippen LogP contribution in [0.1, 0.15) is 10.4 Å². The maximum atomic E-state index is 10.7. The van der Waals surface area contributed by atoms with Crippen molar-refractivity contribution < 1.29 is 9.59 Å². The molecule has 2 amide bonds. The topological polar surface area (TPSA) is 84.6 Å². The molecule has 3 N–H and O–H groups in total. The van der Waals surface area contributed by atoms with E-state index in [9.17, 15) is 9.59 Å². The number of hydrogen-bond donors (Lipinski definition) is 2. The van der Waals surface area contributed by atoms with Crippen LogP contribution in [0.15, 0.2) is 16.5 Å². The highest BCUT2D eigenvalue weighted by molar-refractivity contribution is 7.11. The highest BCUT2D eigenvalue weighted by Crippen LogP contribution is 2.11. The molecule has 1 heterocycles. The van der Waals surface area contributed by atoms with Crippen LogP contribution >= 0.6 is 11.3 Å². The maximum Gasteiger partial charge on any atom is 0.329 e. The Labute approximate surface area is 84.6 Å². The van der Waals surface area contributed by atoms with Crippen molar-refractivity contribution in [1.82, 2.24) is 5.43 Å². The summed E-state index contributed by atoms with van der Waals surface area (Å²) < 4.78 is 0. The third kappa shape index (κ3) is 2.67. The Morgan fingerprint density at radius 2 is 2.36 bits per heavy atom. The summed E-state index contributed by atoms with van der Waals surface area (Å²) in [4.78, 5) is 21.9. The van der Waals surface area contributed by atoms with Crippen molar-refractivity contribution in [1.29, 1.82) is 0 Å². The van der Waals surface area contributed by atoms with Crippen molar-refractivity contribution >= 4 is 29.4 Å². The molecule has 0 spiro atoms. The van der Waals surface area contributed by atoms with Gasteiger partial charge in [-0.25, -0.2) is 5.43 Å². The molecule has 0 aliphatic carbocycles. The average Bonchev–Trinajstić information content (AvgIpc) is 2.51. The van der Waals surface area contributed by atoms with Gasteiger partial charge in [0, 0.05) is 4.88 Å². The van der Waals surface area contributed by atoms with Crippen molar-refractivity contribution in [3.8, 4) is 0 Å². The number of carbonyl (C=O) groups is 2. The van der Waals surface area contributed by atoms with Gasteiger partial charge in [-0.15, -0.1) is 11.3 Å². The lowest BCUT2D eigenvalue weighted by atomic mass is 10.3. The van der Waals surface area contributed by atoms with Crippen LogP contribution in [0.25, 0.3) is 0 Å². The number of hydrogen-bond acceptors (Lipinski definition) is 4. The highest BCUT2D eigenvalue weighted by Gasteiger charge is 2.05. The van der Waals surface area contributed by atoms with E-state index in [-0.39, 0.29) is 0 Å². The van der Waals surface area contributed by atoms with Gasteiger partial charge >= 0.3 is 11.8 Å². The lowest BCUT2D eigenvalue weighted by Crippen LogP contribution is -2.32. The predicted octanol–water partition coefficient (Wildman–Crippen LogP) is -0.00808. The van der Waals surface area contributed by atoms with Crippen LogP contribution < -0.4 is 11.2 Å². The molecule has 0 atom stereocenters. The highest BCUT2D eigenvalue weighted by atomic mass is 32.1. The molecule has 1 aromatic heterocycles. The minimum absolute atomic E-state index is 0.921. The number of nitrogens with two attached hydrogens (primary N) is 1. The van der Waals surface area contributed by atoms with Gasteiger partial charge in [0.2, 0.25) is 0 Å². The summed E-state index contributed by atoms with van der Waals surface area (Å²) in [6.45, 7) is 1.92. The van der Waals surface area contributed by atoms with E-state index in [4.69, 9.17) is 5.73 Å². The van der Waals surface area contributed by atoms with E-state index in [2.05, 4.69) is 5.10 Å². The summed E-state index contributed by atoms with van der Waals surface area (Å²) in [7, 11) is 0. The van der Waals surface area contributed by atoms with Gasteiger partial charge in [-0.3, -0.25) is 9.59 Å². The summed E-state index contributed by atoms with van der Waals surface area (Å²) in [5.41, 5.74) is 7.78. The molecule has 0 aliphatic rings. The van der Waals surface area contributed by atoms with E-state index < -0.39 is 11.8 Å². The number of carbonyl (C=O) groups excluding carboxylic acids is 2. The quantitative estimate of drug-likeness (QED) is 0.409. The van der Waals surface area contributed by atoms with Crippen molar-refractivity contribution in [2.45, 2.75) is 6.92 Å². The monoisotopic (exact) mass is 211 g/mol. The predicted molar refractivity (Wildman–Crippen MR) is 54.0 cm³/mol. The molecule has 0 aromatic carbocycles. The van der Waals surface area contributed by atoms with Crippen LogP contribution in [0.3, 0.4) is 0 Å². The molecule has 14 heavy (non-hydrogen) atoms. The first-order valence-electron chi connectivity index (χ1n) is 3.78. The van der Waals surface area contributed by atoms with E-state index in [1.54, 1.807) is 0 Å². The number of primary amides is 1. The molecular weight excluding hydrogens is 202 g/mol. The Hall–Kier alpha value is -1.69. The first-order chi connectivity index (χ1) is 6.61. The SMILES string of the molecule is Cc1ccsc1/C=N\NC(=O)C(N)=O. The molecule has 0 fully saturated rings. The maximum absolute atomic E-state index is 10.7. The summed E-state index contributed by atoms with van der Waals surface area (Å²) in [6.07, 6.45) is 1.47. The molecule has 6 heteroatoms. The average molecular weight is 211 g/mol. The van der Waals surface area contributed by atoms with Crippen molar-refractivity contribution in [2.75, 3.05) is 0 Å². The summed E-state index contributed by atoms with van der Waals surface area (Å²) in [6, 6.07) is 1.93. The fourth-order valence-electron chi connectivity index (χ4n) is 0.721. The molecule has 1 rings (SSSR count). The van der Waals surface area contributed by atoms with Crippen molar-refractivity contribution in [2.24, 2.45) is 10.8 Å². The van der Waals surface area contributed by atoms with Crippen LogP contribution in [-0.4, -0.2) is 18.0 Å². The zero-order chi connectivity index (χ0) is 10.6. The van der Waals surface area contributed by atoms with Crippen LogP contribution in [0.5, 0.6) is 0 Å². The van der Waals surface area contributed by atoms with Gasteiger partial charge < -0.3 is 5.73 Å². The van der Waals surface area contributed by atoms with Gasteiger partial charge in [0.1, 0.15) is 0 Å². The Morgan fingerprint density at radius 3 is 2.86 bits per heavy atom. The number of rotatable bonds is 2. The van der Waals surface area contributed by atoms with E-state index in [1.807, 2.05) is 23.8 Å². The molecule has 74 valence electrons. The number of nitrogens with zero attached hydrogens (tertiary/aromatic N) is 1. The summed E-state index contributed by atoms with van der Waals surface area (Å²) in [5, 5.41) is 5.49. The lowest BCUT2D eigenvalue weighted by Gasteiger charge is -1.92. The van der Waals surface area contributed by atoms with Gasteiger partial charge in [0.05, 0.1) is 6.21 Å². The molecule has 1 aromatic rings. The standard InChI is InChI=1S/C8H9N3O2S/c1-5-2-3-14-6(5)4-10-11-8(13)7(9)12/h2-4H,1H3,(H2,9,12)(H,11,13)/b10-4-. The van der Waals surface area contributed by atoms with Gasteiger partial charge in [-0.1, -0.05) is 0 Å². The Morgan fingerprint density at radius 1 is 1.64 bits per heavy atom. The van der Waals surface area contributed by atoms with Crippen LogP contribution in [0.4, 0.5) is 0 Å². The fraction of sp³-hybridized carbons (Fsp3) is 0.125. The minimum atomic E-state index is -1.05. The fourth-order valence-corrected chi connectivity index (χ4v) is 1.51. The van der Waals surface area contributed by atoms with Crippen molar-refractivity contribution in [3.63, 3.8) is 0 Å². The van der Waals surface area contributed by atoms with E-state index >= 15 is 0 Å². The Bertz CT molecular complexity index is 384. The number of thiophene rings is 1. The molecule has 0 aliphatic heterocycles.